The SMILES string of the molecule is CCCC(C)COc1cccc(CO)n1. The van der Waals surface area contributed by atoms with Crippen LogP contribution in [0, 0.1) is 5.92 Å². The van der Waals surface area contributed by atoms with Crippen molar-refractivity contribution in [1.29, 1.82) is 0 Å². The first-order valence-corrected chi connectivity index (χ1v) is 5.45. The van der Waals surface area contributed by atoms with Crippen molar-refractivity contribution in [2.45, 2.75) is 33.3 Å². The van der Waals surface area contributed by atoms with Gasteiger partial charge >= 0.3 is 0 Å². The summed E-state index contributed by atoms with van der Waals surface area (Å²) in [6.07, 6.45) is 2.34. The van der Waals surface area contributed by atoms with Gasteiger partial charge in [0.1, 0.15) is 0 Å². The zero-order valence-electron chi connectivity index (χ0n) is 9.44. The predicted octanol–water partition coefficient (Wildman–Crippen LogP) is 2.39. The standard InChI is InChI=1S/C12H19NO2/c1-3-5-10(2)9-15-12-7-4-6-11(8-14)13-12/h4,6-7,10,14H,3,5,8-9H2,1-2H3. The van der Waals surface area contributed by atoms with Crippen LogP contribution in [0.25, 0.3) is 0 Å². The maximum Gasteiger partial charge on any atom is 0.213 e. The number of pyridine rings is 1. The van der Waals surface area contributed by atoms with Gasteiger partial charge in [0, 0.05) is 6.07 Å². The van der Waals surface area contributed by atoms with Gasteiger partial charge in [0.2, 0.25) is 5.88 Å². The van der Waals surface area contributed by atoms with Crippen LogP contribution in [0.1, 0.15) is 32.4 Å². The highest BCUT2D eigenvalue weighted by Crippen LogP contribution is 2.11. The molecule has 0 saturated heterocycles. The van der Waals surface area contributed by atoms with E-state index in [2.05, 4.69) is 18.8 Å². The third kappa shape index (κ3) is 4.30. The Morgan fingerprint density at radius 2 is 2.27 bits per heavy atom. The molecule has 1 heterocycles. The summed E-state index contributed by atoms with van der Waals surface area (Å²) >= 11 is 0. The first-order chi connectivity index (χ1) is 7.26. The zero-order chi connectivity index (χ0) is 11.1. The number of hydrogen-bond donors (Lipinski definition) is 1. The van der Waals surface area contributed by atoms with Crippen molar-refractivity contribution in [2.75, 3.05) is 6.61 Å². The second-order valence-electron chi connectivity index (χ2n) is 3.83. The summed E-state index contributed by atoms with van der Waals surface area (Å²) in [5, 5.41) is 8.91. The molecular weight excluding hydrogens is 190 g/mol. The quantitative estimate of drug-likeness (QED) is 0.782. The molecule has 3 nitrogen and oxygen atoms in total. The Hall–Kier alpha value is -1.09. The third-order valence-corrected chi connectivity index (χ3v) is 2.24. The van der Waals surface area contributed by atoms with Gasteiger partial charge < -0.3 is 9.84 Å². The van der Waals surface area contributed by atoms with Gasteiger partial charge in [0.25, 0.3) is 0 Å². The first-order valence-electron chi connectivity index (χ1n) is 5.45. The average molecular weight is 209 g/mol. The smallest absolute Gasteiger partial charge is 0.213 e. The van der Waals surface area contributed by atoms with Crippen LogP contribution in [0.3, 0.4) is 0 Å². The van der Waals surface area contributed by atoms with Gasteiger partial charge in [-0.05, 0) is 18.4 Å². The molecule has 1 aromatic rings. The molecule has 0 fully saturated rings. The second-order valence-corrected chi connectivity index (χ2v) is 3.83. The lowest BCUT2D eigenvalue weighted by molar-refractivity contribution is 0.237. The molecule has 0 radical (unpaired) electrons. The van der Waals surface area contributed by atoms with E-state index in [1.54, 1.807) is 6.07 Å². The lowest BCUT2D eigenvalue weighted by Crippen LogP contribution is -2.09. The summed E-state index contributed by atoms with van der Waals surface area (Å²) in [6, 6.07) is 5.44. The third-order valence-electron chi connectivity index (χ3n) is 2.24. The lowest BCUT2D eigenvalue weighted by Gasteiger charge is -2.11. The highest BCUT2D eigenvalue weighted by atomic mass is 16.5. The Labute approximate surface area is 91.1 Å². The van der Waals surface area contributed by atoms with Gasteiger partial charge in [0.05, 0.1) is 18.9 Å². The molecule has 1 N–H and O–H groups in total. The highest BCUT2D eigenvalue weighted by Gasteiger charge is 2.03. The fourth-order valence-electron chi connectivity index (χ4n) is 1.43. The van der Waals surface area contributed by atoms with Crippen LogP contribution in [0.15, 0.2) is 18.2 Å². The largest absolute Gasteiger partial charge is 0.477 e. The molecule has 1 unspecified atom stereocenters. The van der Waals surface area contributed by atoms with E-state index in [9.17, 15) is 0 Å². The van der Waals surface area contributed by atoms with Crippen LogP contribution in [0.4, 0.5) is 0 Å². The molecular formula is C12H19NO2. The summed E-state index contributed by atoms with van der Waals surface area (Å²) in [4.78, 5) is 4.15. The molecule has 1 atom stereocenters. The summed E-state index contributed by atoms with van der Waals surface area (Å²) in [7, 11) is 0. The highest BCUT2D eigenvalue weighted by molar-refractivity contribution is 5.15. The molecule has 0 aliphatic carbocycles. The fraction of sp³-hybridized carbons (Fsp3) is 0.583. The van der Waals surface area contributed by atoms with Crippen LogP contribution in [0.2, 0.25) is 0 Å². The van der Waals surface area contributed by atoms with Crippen LogP contribution in [0.5, 0.6) is 5.88 Å². The summed E-state index contributed by atoms with van der Waals surface area (Å²) in [6.45, 7) is 4.98. The molecule has 15 heavy (non-hydrogen) atoms. The van der Waals surface area contributed by atoms with E-state index in [0.717, 1.165) is 0 Å². The van der Waals surface area contributed by atoms with Crippen molar-refractivity contribution < 1.29 is 9.84 Å². The molecule has 0 aromatic carbocycles. The van der Waals surface area contributed by atoms with Crippen LogP contribution >= 0.6 is 0 Å². The number of aromatic nitrogens is 1. The summed E-state index contributed by atoms with van der Waals surface area (Å²) in [5.41, 5.74) is 0.649. The zero-order valence-corrected chi connectivity index (χ0v) is 9.44. The van der Waals surface area contributed by atoms with Gasteiger partial charge in [-0.2, -0.15) is 0 Å². The minimum absolute atomic E-state index is 0.0400. The minimum Gasteiger partial charge on any atom is -0.477 e. The molecule has 84 valence electrons. The lowest BCUT2D eigenvalue weighted by atomic mass is 10.1. The number of rotatable bonds is 6. The molecule has 1 aromatic heterocycles. The molecule has 0 amide bonds. The summed E-state index contributed by atoms with van der Waals surface area (Å²) in [5.74, 6) is 1.15. The van der Waals surface area contributed by atoms with E-state index in [1.165, 1.54) is 12.8 Å². The Morgan fingerprint density at radius 1 is 1.47 bits per heavy atom. The number of aliphatic hydroxyl groups is 1. The monoisotopic (exact) mass is 209 g/mol. The van der Waals surface area contributed by atoms with Crippen LogP contribution in [-0.4, -0.2) is 16.7 Å². The second kappa shape index (κ2) is 6.40. The predicted molar refractivity (Wildman–Crippen MR) is 59.7 cm³/mol. The minimum atomic E-state index is -0.0400. The topological polar surface area (TPSA) is 42.4 Å². The van der Waals surface area contributed by atoms with Gasteiger partial charge in [-0.25, -0.2) is 4.98 Å². The van der Waals surface area contributed by atoms with Crippen LogP contribution < -0.4 is 4.74 Å². The number of aliphatic hydroxyl groups excluding tert-OH is 1. The number of hydrogen-bond acceptors (Lipinski definition) is 3. The fourth-order valence-corrected chi connectivity index (χ4v) is 1.43. The van der Waals surface area contributed by atoms with E-state index < -0.39 is 0 Å². The Bertz CT molecular complexity index is 289. The van der Waals surface area contributed by atoms with Crippen molar-refractivity contribution in [3.63, 3.8) is 0 Å². The van der Waals surface area contributed by atoms with E-state index in [0.29, 0.717) is 24.1 Å². The van der Waals surface area contributed by atoms with Gasteiger partial charge in [0.15, 0.2) is 0 Å². The molecule has 0 spiro atoms. The van der Waals surface area contributed by atoms with Crippen molar-refractivity contribution in [2.24, 2.45) is 5.92 Å². The molecule has 0 aliphatic heterocycles. The van der Waals surface area contributed by atoms with E-state index in [4.69, 9.17) is 9.84 Å². The van der Waals surface area contributed by atoms with Gasteiger partial charge in [-0.15, -0.1) is 0 Å². The molecule has 3 heteroatoms. The molecule has 0 aliphatic rings. The van der Waals surface area contributed by atoms with Crippen molar-refractivity contribution in [1.82, 2.24) is 4.98 Å². The van der Waals surface area contributed by atoms with Crippen molar-refractivity contribution in [3.8, 4) is 5.88 Å². The van der Waals surface area contributed by atoms with E-state index in [-0.39, 0.29) is 6.61 Å². The first kappa shape index (κ1) is 12.0. The number of ether oxygens (including phenoxy) is 1. The maximum absolute atomic E-state index is 8.91. The van der Waals surface area contributed by atoms with Gasteiger partial charge in [-0.3, -0.25) is 0 Å². The molecule has 0 saturated carbocycles. The Kier molecular flexibility index (Phi) is 5.12. The van der Waals surface area contributed by atoms with E-state index >= 15 is 0 Å². The van der Waals surface area contributed by atoms with Gasteiger partial charge in [-0.1, -0.05) is 26.3 Å². The number of nitrogens with zero attached hydrogens (tertiary/aromatic N) is 1. The van der Waals surface area contributed by atoms with Crippen molar-refractivity contribution >= 4 is 0 Å². The van der Waals surface area contributed by atoms with Crippen LogP contribution in [-0.2, 0) is 6.61 Å². The molecule has 0 bridgehead atoms. The summed E-state index contributed by atoms with van der Waals surface area (Å²) < 4.78 is 5.54. The maximum atomic E-state index is 8.91. The Morgan fingerprint density at radius 3 is 2.93 bits per heavy atom. The molecule has 1 rings (SSSR count). The Balaban J connectivity index is 2.43. The average Bonchev–Trinajstić information content (AvgIpc) is 2.27. The normalized spacial score (nSPS) is 12.5. The van der Waals surface area contributed by atoms with E-state index in [1.807, 2.05) is 12.1 Å². The van der Waals surface area contributed by atoms with Crippen molar-refractivity contribution in [3.05, 3.63) is 23.9 Å².